The van der Waals surface area contributed by atoms with Crippen molar-refractivity contribution in [3.63, 3.8) is 0 Å². The maximum Gasteiger partial charge on any atom is 0.253 e. The summed E-state index contributed by atoms with van der Waals surface area (Å²) in [7, 11) is 0. The molecule has 1 fully saturated rings. The molecule has 2 amide bonds. The predicted octanol–water partition coefficient (Wildman–Crippen LogP) is 1.55. The van der Waals surface area contributed by atoms with Crippen LogP contribution in [-0.4, -0.2) is 57.9 Å². The Kier molecular flexibility index (Phi) is 5.30. The first-order valence-corrected chi connectivity index (χ1v) is 9.38. The van der Waals surface area contributed by atoms with Gasteiger partial charge in [0.1, 0.15) is 5.82 Å². The summed E-state index contributed by atoms with van der Waals surface area (Å²) < 4.78 is 0. The lowest BCUT2D eigenvalue weighted by Crippen LogP contribution is -2.58. The fourth-order valence-electron chi connectivity index (χ4n) is 3.61. The number of rotatable bonds is 4. The van der Waals surface area contributed by atoms with Gasteiger partial charge in [0.25, 0.3) is 5.91 Å². The fourth-order valence-corrected chi connectivity index (χ4v) is 3.61. The highest BCUT2D eigenvalue weighted by Gasteiger charge is 2.33. The molecule has 0 saturated carbocycles. The molecule has 0 bridgehead atoms. The van der Waals surface area contributed by atoms with Crippen LogP contribution >= 0.6 is 0 Å². The van der Waals surface area contributed by atoms with Gasteiger partial charge in [-0.15, -0.1) is 0 Å². The quantitative estimate of drug-likeness (QED) is 0.815. The number of nitrogens with zero attached hydrogens (tertiary/aromatic N) is 4. The molecule has 144 valence electrons. The van der Waals surface area contributed by atoms with Crippen molar-refractivity contribution in [2.75, 3.05) is 18.0 Å². The average Bonchev–Trinajstić information content (AvgIpc) is 3.05. The number of allylic oxidation sites excluding steroid dienone is 1. The van der Waals surface area contributed by atoms with Crippen molar-refractivity contribution in [2.45, 2.75) is 52.2 Å². The zero-order chi connectivity index (χ0) is 19.7. The van der Waals surface area contributed by atoms with E-state index in [2.05, 4.69) is 28.7 Å². The molecule has 2 aliphatic rings. The lowest BCUT2D eigenvalue weighted by molar-refractivity contribution is -0.128. The van der Waals surface area contributed by atoms with Crippen LogP contribution in [0, 0.1) is 0 Å². The zero-order valence-electron chi connectivity index (χ0n) is 16.4. The minimum Gasteiger partial charge on any atom is -0.350 e. The van der Waals surface area contributed by atoms with Gasteiger partial charge in [-0.2, -0.15) is 0 Å². The fraction of sp³-hybridized carbons (Fsp3) is 0.500. The van der Waals surface area contributed by atoms with Gasteiger partial charge in [0.15, 0.2) is 0 Å². The summed E-state index contributed by atoms with van der Waals surface area (Å²) in [5.74, 6) is 0.576. The van der Waals surface area contributed by atoms with Gasteiger partial charge in [0, 0.05) is 37.6 Å². The second-order valence-corrected chi connectivity index (χ2v) is 7.52. The third kappa shape index (κ3) is 3.72. The van der Waals surface area contributed by atoms with Crippen LogP contribution in [0.3, 0.4) is 0 Å². The van der Waals surface area contributed by atoms with E-state index in [-0.39, 0.29) is 29.9 Å². The van der Waals surface area contributed by atoms with Gasteiger partial charge in [0.2, 0.25) is 5.91 Å². The van der Waals surface area contributed by atoms with Gasteiger partial charge in [-0.3, -0.25) is 14.6 Å². The predicted molar refractivity (Wildman–Crippen MR) is 105 cm³/mol. The normalized spacial score (nSPS) is 21.7. The molecule has 1 aromatic heterocycles. The monoisotopic (exact) mass is 369 g/mol. The Hall–Kier alpha value is -2.70. The van der Waals surface area contributed by atoms with Crippen LogP contribution in [0.15, 0.2) is 24.9 Å². The number of anilines is 1. The number of carbonyl (C=O) groups is 2. The summed E-state index contributed by atoms with van der Waals surface area (Å²) in [6, 6.07) is 0.201. The van der Waals surface area contributed by atoms with Crippen molar-refractivity contribution in [3.8, 4) is 0 Å². The third-order valence-corrected chi connectivity index (χ3v) is 4.99. The highest BCUT2D eigenvalue weighted by Crippen LogP contribution is 2.28. The van der Waals surface area contributed by atoms with E-state index in [0.717, 1.165) is 11.5 Å². The van der Waals surface area contributed by atoms with Crippen molar-refractivity contribution in [2.24, 2.45) is 0 Å². The maximum atomic E-state index is 12.5. The molecule has 1 aliphatic carbocycles. The van der Waals surface area contributed by atoms with Crippen LogP contribution in [0.25, 0.3) is 5.57 Å². The van der Waals surface area contributed by atoms with Crippen LogP contribution < -0.4 is 10.2 Å². The number of hydrogen-bond donors (Lipinski definition) is 1. The van der Waals surface area contributed by atoms with Gasteiger partial charge in [0.05, 0.1) is 23.2 Å². The van der Waals surface area contributed by atoms with Gasteiger partial charge < -0.3 is 15.1 Å². The molecule has 1 aromatic rings. The Bertz CT molecular complexity index is 802. The molecule has 3 rings (SSSR count). The molecule has 7 nitrogen and oxygen atoms in total. The molecule has 27 heavy (non-hydrogen) atoms. The summed E-state index contributed by atoms with van der Waals surface area (Å²) in [6.07, 6.45) is 5.64. The topological polar surface area (TPSA) is 78.4 Å². The van der Waals surface area contributed by atoms with Crippen molar-refractivity contribution in [1.82, 2.24) is 20.2 Å². The van der Waals surface area contributed by atoms with E-state index in [4.69, 9.17) is 4.98 Å². The zero-order valence-corrected chi connectivity index (χ0v) is 16.4. The molecule has 2 heterocycles. The van der Waals surface area contributed by atoms with Crippen molar-refractivity contribution in [1.29, 1.82) is 0 Å². The van der Waals surface area contributed by atoms with Crippen molar-refractivity contribution < 1.29 is 9.59 Å². The molecule has 0 unspecified atom stereocenters. The van der Waals surface area contributed by atoms with Crippen LogP contribution in [0.1, 0.15) is 39.1 Å². The summed E-state index contributed by atoms with van der Waals surface area (Å²) in [4.78, 5) is 37.8. The third-order valence-electron chi connectivity index (χ3n) is 4.99. The van der Waals surface area contributed by atoms with E-state index in [1.165, 1.54) is 6.08 Å². The Morgan fingerprint density at radius 1 is 1.30 bits per heavy atom. The van der Waals surface area contributed by atoms with Crippen molar-refractivity contribution >= 4 is 23.2 Å². The standard InChI is InChI=1S/C20H27N5O2/c1-6-18(26)25-11-13(4)24(10-14(25)5)17-9-21-16-8-7-15(19(16)23-17)20(27)22-12(2)3/h6-7,9,12-14H,1,8,10-11H2,2-5H3,(H,22,27)/t13-,14-/m1/s1. The first-order chi connectivity index (χ1) is 12.8. The first-order valence-electron chi connectivity index (χ1n) is 9.38. The Labute approximate surface area is 160 Å². The number of carbonyl (C=O) groups excluding carboxylic acids is 2. The largest absolute Gasteiger partial charge is 0.350 e. The maximum absolute atomic E-state index is 12.5. The SMILES string of the molecule is C=CC(=O)N1C[C@@H](C)N(c2cnc3c(n2)C(C(=O)NC(C)C)=CC3)C[C@H]1C. The molecular weight excluding hydrogens is 342 g/mol. The second kappa shape index (κ2) is 7.50. The summed E-state index contributed by atoms with van der Waals surface area (Å²) in [5.41, 5.74) is 2.08. The van der Waals surface area contributed by atoms with E-state index in [1.807, 2.05) is 31.7 Å². The Morgan fingerprint density at radius 3 is 2.70 bits per heavy atom. The number of aromatic nitrogens is 2. The molecule has 1 N–H and O–H groups in total. The number of piperazine rings is 1. The van der Waals surface area contributed by atoms with Crippen LogP contribution in [0.5, 0.6) is 0 Å². The van der Waals surface area contributed by atoms with E-state index >= 15 is 0 Å². The van der Waals surface area contributed by atoms with Gasteiger partial charge in [-0.05, 0) is 33.8 Å². The molecule has 2 atom stereocenters. The molecular formula is C20H27N5O2. The number of hydrogen-bond acceptors (Lipinski definition) is 5. The minimum absolute atomic E-state index is 0.0426. The van der Waals surface area contributed by atoms with Crippen LogP contribution in [-0.2, 0) is 16.0 Å². The smallest absolute Gasteiger partial charge is 0.253 e. The molecule has 7 heteroatoms. The highest BCUT2D eigenvalue weighted by atomic mass is 16.2. The number of nitrogens with one attached hydrogen (secondary N) is 1. The van der Waals surface area contributed by atoms with Gasteiger partial charge in [-0.1, -0.05) is 12.7 Å². The van der Waals surface area contributed by atoms with E-state index in [1.54, 1.807) is 6.20 Å². The average molecular weight is 369 g/mol. The van der Waals surface area contributed by atoms with Gasteiger partial charge >= 0.3 is 0 Å². The highest BCUT2D eigenvalue weighted by molar-refractivity contribution is 6.20. The van der Waals surface area contributed by atoms with Crippen molar-refractivity contribution in [3.05, 3.63) is 36.3 Å². The van der Waals surface area contributed by atoms with E-state index in [0.29, 0.717) is 30.8 Å². The number of amides is 2. The second-order valence-electron chi connectivity index (χ2n) is 7.52. The molecule has 1 saturated heterocycles. The molecule has 0 aromatic carbocycles. The minimum atomic E-state index is -0.113. The summed E-state index contributed by atoms with van der Waals surface area (Å²) in [5, 5.41) is 2.92. The Balaban J connectivity index is 1.83. The Morgan fingerprint density at radius 2 is 2.04 bits per heavy atom. The molecule has 0 radical (unpaired) electrons. The lowest BCUT2D eigenvalue weighted by Gasteiger charge is -2.44. The van der Waals surface area contributed by atoms with Crippen LogP contribution in [0.4, 0.5) is 5.82 Å². The summed E-state index contributed by atoms with van der Waals surface area (Å²) in [6.45, 7) is 12.8. The first kappa shape index (κ1) is 19.1. The van der Waals surface area contributed by atoms with E-state index < -0.39 is 0 Å². The number of fused-ring (bicyclic) bond motifs is 1. The van der Waals surface area contributed by atoms with Gasteiger partial charge in [-0.25, -0.2) is 4.98 Å². The molecule has 1 aliphatic heterocycles. The van der Waals surface area contributed by atoms with Crippen LogP contribution in [0.2, 0.25) is 0 Å². The summed E-state index contributed by atoms with van der Waals surface area (Å²) >= 11 is 0. The molecule has 0 spiro atoms. The van der Waals surface area contributed by atoms with E-state index in [9.17, 15) is 9.59 Å². The lowest BCUT2D eigenvalue weighted by atomic mass is 10.1.